The fourth-order valence-corrected chi connectivity index (χ4v) is 2.07. The minimum absolute atomic E-state index is 0.0152. The molecule has 94 valence electrons. The standard InChI is InChI=1S/C12H16O2S3/c13-12(14-6-11(16)7-15)9-17-8-10-4-2-1-3-5-10/h1-5,11,15-16H,6-9H2. The van der Waals surface area contributed by atoms with Crippen molar-refractivity contribution in [1.29, 1.82) is 0 Å². The Morgan fingerprint density at radius 1 is 1.35 bits per heavy atom. The zero-order valence-electron chi connectivity index (χ0n) is 9.41. The molecule has 5 heteroatoms. The fraction of sp³-hybridized carbons (Fsp3) is 0.417. The predicted molar refractivity (Wildman–Crippen MR) is 80.2 cm³/mol. The van der Waals surface area contributed by atoms with Crippen LogP contribution in [-0.2, 0) is 15.3 Å². The Hall–Kier alpha value is -0.260. The molecule has 1 unspecified atom stereocenters. The van der Waals surface area contributed by atoms with E-state index in [0.29, 0.717) is 18.1 Å². The number of hydrogen-bond acceptors (Lipinski definition) is 5. The largest absolute Gasteiger partial charge is 0.464 e. The van der Waals surface area contributed by atoms with Crippen molar-refractivity contribution in [2.24, 2.45) is 0 Å². The maximum Gasteiger partial charge on any atom is 0.315 e. The molecule has 0 aliphatic rings. The van der Waals surface area contributed by atoms with Crippen LogP contribution in [-0.4, -0.2) is 29.3 Å². The van der Waals surface area contributed by atoms with Crippen molar-refractivity contribution >= 4 is 43.0 Å². The first-order valence-corrected chi connectivity index (χ1v) is 7.59. The maximum atomic E-state index is 11.4. The summed E-state index contributed by atoms with van der Waals surface area (Å²) < 4.78 is 5.05. The zero-order valence-corrected chi connectivity index (χ0v) is 12.0. The van der Waals surface area contributed by atoms with Crippen molar-refractivity contribution in [2.45, 2.75) is 11.0 Å². The molecule has 0 heterocycles. The monoisotopic (exact) mass is 288 g/mol. The summed E-state index contributed by atoms with van der Waals surface area (Å²) in [5.74, 6) is 1.62. The number of carbonyl (C=O) groups excluding carboxylic acids is 1. The number of benzene rings is 1. The number of hydrogen-bond donors (Lipinski definition) is 2. The van der Waals surface area contributed by atoms with E-state index < -0.39 is 0 Å². The average molecular weight is 288 g/mol. The lowest BCUT2D eigenvalue weighted by Crippen LogP contribution is -2.16. The Morgan fingerprint density at radius 3 is 2.71 bits per heavy atom. The van der Waals surface area contributed by atoms with Crippen molar-refractivity contribution in [3.05, 3.63) is 35.9 Å². The minimum Gasteiger partial charge on any atom is -0.464 e. The molecule has 1 atom stereocenters. The molecular weight excluding hydrogens is 272 g/mol. The van der Waals surface area contributed by atoms with E-state index >= 15 is 0 Å². The molecule has 17 heavy (non-hydrogen) atoms. The summed E-state index contributed by atoms with van der Waals surface area (Å²) in [5.41, 5.74) is 1.22. The molecule has 0 aromatic heterocycles. The first kappa shape index (κ1) is 14.8. The summed E-state index contributed by atoms with van der Waals surface area (Å²) in [6.45, 7) is 0.331. The van der Waals surface area contributed by atoms with Gasteiger partial charge in [0.15, 0.2) is 0 Å². The van der Waals surface area contributed by atoms with Gasteiger partial charge in [-0.1, -0.05) is 30.3 Å². The number of carbonyl (C=O) groups is 1. The Kier molecular flexibility index (Phi) is 7.64. The van der Waals surface area contributed by atoms with E-state index in [-0.39, 0.29) is 11.2 Å². The van der Waals surface area contributed by atoms with Gasteiger partial charge in [-0.3, -0.25) is 4.79 Å². The van der Waals surface area contributed by atoms with Crippen molar-refractivity contribution < 1.29 is 9.53 Å². The van der Waals surface area contributed by atoms with Crippen molar-refractivity contribution in [2.75, 3.05) is 18.1 Å². The fourth-order valence-electron chi connectivity index (χ4n) is 1.11. The van der Waals surface area contributed by atoms with E-state index in [1.807, 2.05) is 30.3 Å². The molecule has 0 bridgehead atoms. The van der Waals surface area contributed by atoms with Gasteiger partial charge in [0.05, 0.1) is 5.75 Å². The highest BCUT2D eigenvalue weighted by Gasteiger charge is 2.06. The Bertz CT molecular complexity index is 330. The first-order chi connectivity index (χ1) is 8.22. The molecule has 0 spiro atoms. The molecule has 1 aromatic rings. The molecular formula is C12H16O2S3. The molecule has 0 aliphatic carbocycles. The van der Waals surface area contributed by atoms with Crippen LogP contribution in [0.4, 0.5) is 0 Å². The predicted octanol–water partition coefficient (Wildman–Crippen LogP) is 2.69. The van der Waals surface area contributed by atoms with Crippen LogP contribution in [0.15, 0.2) is 30.3 Å². The molecule has 0 N–H and O–H groups in total. The number of ether oxygens (including phenoxy) is 1. The van der Waals surface area contributed by atoms with Gasteiger partial charge in [-0.2, -0.15) is 25.3 Å². The summed E-state index contributed by atoms with van der Waals surface area (Å²) in [7, 11) is 0. The number of rotatable bonds is 7. The third kappa shape index (κ3) is 6.91. The highest BCUT2D eigenvalue weighted by molar-refractivity contribution is 7.99. The van der Waals surface area contributed by atoms with Gasteiger partial charge in [-0.25, -0.2) is 0 Å². The van der Waals surface area contributed by atoms with Crippen LogP contribution in [0.5, 0.6) is 0 Å². The van der Waals surface area contributed by atoms with E-state index in [0.717, 1.165) is 5.75 Å². The van der Waals surface area contributed by atoms with Gasteiger partial charge >= 0.3 is 5.97 Å². The minimum atomic E-state index is -0.188. The Balaban J connectivity index is 2.12. The van der Waals surface area contributed by atoms with Gasteiger partial charge in [0.1, 0.15) is 6.61 Å². The summed E-state index contributed by atoms with van der Waals surface area (Å²) in [6.07, 6.45) is 0. The lowest BCUT2D eigenvalue weighted by atomic mass is 10.2. The topological polar surface area (TPSA) is 26.3 Å². The van der Waals surface area contributed by atoms with Crippen molar-refractivity contribution in [1.82, 2.24) is 0 Å². The molecule has 0 radical (unpaired) electrons. The molecule has 0 amide bonds. The number of esters is 1. The van der Waals surface area contributed by atoms with E-state index in [2.05, 4.69) is 25.3 Å². The van der Waals surface area contributed by atoms with Crippen LogP contribution in [0, 0.1) is 0 Å². The van der Waals surface area contributed by atoms with E-state index in [1.165, 1.54) is 5.56 Å². The molecule has 1 aromatic carbocycles. The number of thiol groups is 2. The van der Waals surface area contributed by atoms with Crippen LogP contribution in [0.2, 0.25) is 0 Å². The third-order valence-electron chi connectivity index (χ3n) is 1.98. The molecule has 0 saturated carbocycles. The highest BCUT2D eigenvalue weighted by atomic mass is 32.2. The van der Waals surface area contributed by atoms with Crippen LogP contribution in [0.3, 0.4) is 0 Å². The van der Waals surface area contributed by atoms with Crippen LogP contribution >= 0.6 is 37.0 Å². The third-order valence-corrected chi connectivity index (χ3v) is 4.02. The van der Waals surface area contributed by atoms with Gasteiger partial charge < -0.3 is 4.74 Å². The lowest BCUT2D eigenvalue weighted by molar-refractivity contribution is -0.140. The smallest absolute Gasteiger partial charge is 0.315 e. The van der Waals surface area contributed by atoms with E-state index in [9.17, 15) is 4.79 Å². The summed E-state index contributed by atoms with van der Waals surface area (Å²) in [6, 6.07) is 10.1. The maximum absolute atomic E-state index is 11.4. The second-order valence-electron chi connectivity index (χ2n) is 3.50. The molecule has 1 rings (SSSR count). The van der Waals surface area contributed by atoms with Crippen molar-refractivity contribution in [3.63, 3.8) is 0 Å². The molecule has 0 fully saturated rings. The SMILES string of the molecule is O=C(CSCc1ccccc1)OCC(S)CS. The van der Waals surface area contributed by atoms with Crippen LogP contribution < -0.4 is 0 Å². The van der Waals surface area contributed by atoms with Crippen LogP contribution in [0.25, 0.3) is 0 Å². The van der Waals surface area contributed by atoms with Gasteiger partial charge in [0.25, 0.3) is 0 Å². The summed E-state index contributed by atoms with van der Waals surface area (Å²) >= 11 is 9.81. The highest BCUT2D eigenvalue weighted by Crippen LogP contribution is 2.12. The van der Waals surface area contributed by atoms with Crippen molar-refractivity contribution in [3.8, 4) is 0 Å². The van der Waals surface area contributed by atoms with E-state index in [1.54, 1.807) is 11.8 Å². The van der Waals surface area contributed by atoms with Gasteiger partial charge in [-0.05, 0) is 5.56 Å². The zero-order chi connectivity index (χ0) is 12.5. The van der Waals surface area contributed by atoms with E-state index in [4.69, 9.17) is 4.74 Å². The average Bonchev–Trinajstić information content (AvgIpc) is 2.37. The molecule has 2 nitrogen and oxygen atoms in total. The van der Waals surface area contributed by atoms with Gasteiger partial charge in [-0.15, -0.1) is 11.8 Å². The Labute approximate surface area is 117 Å². The van der Waals surface area contributed by atoms with Crippen LogP contribution in [0.1, 0.15) is 5.56 Å². The molecule has 0 saturated heterocycles. The Morgan fingerprint density at radius 2 is 2.06 bits per heavy atom. The number of thioether (sulfide) groups is 1. The normalized spacial score (nSPS) is 12.1. The first-order valence-electron chi connectivity index (χ1n) is 5.28. The summed E-state index contributed by atoms with van der Waals surface area (Å²) in [5, 5.41) is 0.0152. The van der Waals surface area contributed by atoms with Gasteiger partial charge in [0, 0.05) is 16.8 Å². The second-order valence-corrected chi connectivity index (χ2v) is 5.58. The quantitative estimate of drug-likeness (QED) is 0.596. The molecule has 0 aliphatic heterocycles. The second kappa shape index (κ2) is 8.78. The summed E-state index contributed by atoms with van der Waals surface area (Å²) in [4.78, 5) is 11.4. The van der Waals surface area contributed by atoms with Gasteiger partial charge in [0.2, 0.25) is 0 Å². The lowest BCUT2D eigenvalue weighted by Gasteiger charge is -2.08.